The van der Waals surface area contributed by atoms with E-state index in [2.05, 4.69) is 0 Å². The third-order valence-electron chi connectivity index (χ3n) is 3.52. The minimum atomic E-state index is -0.926. The molecule has 3 atom stereocenters. The first kappa shape index (κ1) is 12.3. The zero-order valence-electron chi connectivity index (χ0n) is 10.4. The molecule has 1 aliphatic rings. The molecule has 2 aromatic rings. The van der Waals surface area contributed by atoms with Crippen molar-refractivity contribution in [2.75, 3.05) is 5.75 Å². The van der Waals surface area contributed by atoms with Crippen molar-refractivity contribution in [1.82, 2.24) is 0 Å². The van der Waals surface area contributed by atoms with Gasteiger partial charge in [-0.15, -0.1) is 0 Å². The number of rotatable bonds is 3. The van der Waals surface area contributed by atoms with E-state index in [1.165, 1.54) is 0 Å². The van der Waals surface area contributed by atoms with E-state index < -0.39 is 10.8 Å². The van der Waals surface area contributed by atoms with Crippen LogP contribution in [-0.2, 0) is 10.8 Å². The molecule has 0 saturated carbocycles. The molecule has 3 rings (SSSR count). The van der Waals surface area contributed by atoms with Gasteiger partial charge in [0, 0.05) is 22.1 Å². The summed E-state index contributed by atoms with van der Waals surface area (Å²) in [5.41, 5.74) is 1.71. The van der Waals surface area contributed by atoms with Gasteiger partial charge in [-0.1, -0.05) is 60.7 Å². The van der Waals surface area contributed by atoms with Crippen LogP contribution in [0.3, 0.4) is 0 Å². The van der Waals surface area contributed by atoms with Gasteiger partial charge in [-0.05, 0) is 5.56 Å². The minimum Gasteiger partial charge on any atom is -0.294 e. The lowest BCUT2D eigenvalue weighted by Gasteiger charge is -2.34. The smallest absolute Gasteiger partial charge is 0.168 e. The number of Topliss-reactive ketones (excluding diaryl/α,β-unsaturated/α-hetero) is 1. The molecule has 0 radical (unpaired) electrons. The molecular weight excluding hydrogens is 256 g/mol. The van der Waals surface area contributed by atoms with E-state index in [9.17, 15) is 9.00 Å². The SMILES string of the molecule is O=C(c1ccccc1)C1CS(=O)C1c1ccccc1. The molecule has 0 N–H and O–H groups in total. The fourth-order valence-corrected chi connectivity index (χ4v) is 4.08. The molecule has 2 nitrogen and oxygen atoms in total. The van der Waals surface area contributed by atoms with E-state index >= 15 is 0 Å². The predicted octanol–water partition coefficient (Wildman–Crippen LogP) is 2.99. The summed E-state index contributed by atoms with van der Waals surface area (Å²) in [6.07, 6.45) is 0. The molecule has 0 aliphatic carbocycles. The van der Waals surface area contributed by atoms with Gasteiger partial charge in [0.05, 0.1) is 11.2 Å². The summed E-state index contributed by atoms with van der Waals surface area (Å²) in [4.78, 5) is 12.4. The molecule has 96 valence electrons. The van der Waals surface area contributed by atoms with Gasteiger partial charge in [0.1, 0.15) is 0 Å². The Hall–Kier alpha value is -1.74. The van der Waals surface area contributed by atoms with Crippen LogP contribution in [0.2, 0.25) is 0 Å². The van der Waals surface area contributed by atoms with Crippen molar-refractivity contribution < 1.29 is 9.00 Å². The molecule has 0 amide bonds. The Morgan fingerprint density at radius 3 is 2.11 bits per heavy atom. The van der Waals surface area contributed by atoms with Crippen LogP contribution in [0.5, 0.6) is 0 Å². The molecule has 0 aromatic heterocycles. The topological polar surface area (TPSA) is 34.1 Å². The van der Waals surface area contributed by atoms with Gasteiger partial charge in [-0.3, -0.25) is 9.00 Å². The highest BCUT2D eigenvalue weighted by molar-refractivity contribution is 7.86. The maximum absolute atomic E-state index is 12.4. The van der Waals surface area contributed by atoms with Gasteiger partial charge in [0.15, 0.2) is 5.78 Å². The minimum absolute atomic E-state index is 0.106. The highest BCUT2D eigenvalue weighted by atomic mass is 32.2. The second kappa shape index (κ2) is 5.10. The van der Waals surface area contributed by atoms with Gasteiger partial charge >= 0.3 is 0 Å². The first-order valence-corrected chi connectivity index (χ1v) is 7.67. The fraction of sp³-hybridized carbons (Fsp3) is 0.188. The Labute approximate surface area is 114 Å². The van der Waals surface area contributed by atoms with Crippen molar-refractivity contribution in [3.8, 4) is 0 Å². The molecular formula is C16H14O2S. The number of carbonyl (C=O) groups excluding carboxylic acids is 1. The van der Waals surface area contributed by atoms with Crippen molar-refractivity contribution in [3.63, 3.8) is 0 Å². The summed E-state index contributed by atoms with van der Waals surface area (Å²) in [5, 5.41) is -0.145. The monoisotopic (exact) mass is 270 g/mol. The van der Waals surface area contributed by atoms with E-state index in [4.69, 9.17) is 0 Å². The molecule has 1 aliphatic heterocycles. The second-order valence-corrected chi connectivity index (χ2v) is 6.32. The number of benzene rings is 2. The van der Waals surface area contributed by atoms with Crippen LogP contribution >= 0.6 is 0 Å². The van der Waals surface area contributed by atoms with Gasteiger partial charge in [0.25, 0.3) is 0 Å². The van der Waals surface area contributed by atoms with Crippen molar-refractivity contribution in [2.24, 2.45) is 5.92 Å². The third-order valence-corrected chi connectivity index (χ3v) is 5.37. The maximum Gasteiger partial charge on any atom is 0.168 e. The van der Waals surface area contributed by atoms with Crippen LogP contribution in [0.1, 0.15) is 21.2 Å². The Kier molecular flexibility index (Phi) is 3.30. The number of carbonyl (C=O) groups is 1. The summed E-state index contributed by atoms with van der Waals surface area (Å²) in [6.45, 7) is 0. The van der Waals surface area contributed by atoms with Gasteiger partial charge in [-0.2, -0.15) is 0 Å². The Bertz CT molecular complexity index is 607. The van der Waals surface area contributed by atoms with E-state index in [0.29, 0.717) is 11.3 Å². The predicted molar refractivity (Wildman–Crippen MR) is 76.5 cm³/mol. The van der Waals surface area contributed by atoms with Crippen molar-refractivity contribution in [3.05, 3.63) is 71.8 Å². The summed E-state index contributed by atoms with van der Waals surface area (Å²) >= 11 is 0. The lowest BCUT2D eigenvalue weighted by molar-refractivity contribution is 0.0919. The highest BCUT2D eigenvalue weighted by Crippen LogP contribution is 2.40. The van der Waals surface area contributed by atoms with Crippen LogP contribution in [0, 0.1) is 5.92 Å². The van der Waals surface area contributed by atoms with E-state index in [-0.39, 0.29) is 17.0 Å². The summed E-state index contributed by atoms with van der Waals surface area (Å²) in [6, 6.07) is 18.9. The van der Waals surface area contributed by atoms with Crippen LogP contribution in [0.15, 0.2) is 60.7 Å². The number of hydrogen-bond donors (Lipinski definition) is 0. The summed E-state index contributed by atoms with van der Waals surface area (Å²) in [7, 11) is -0.926. The normalized spacial score (nSPS) is 25.6. The first-order valence-electron chi connectivity index (χ1n) is 6.29. The average Bonchev–Trinajstić information content (AvgIpc) is 2.46. The molecule has 1 saturated heterocycles. The molecule has 3 heteroatoms. The van der Waals surface area contributed by atoms with Crippen LogP contribution in [0.25, 0.3) is 0 Å². The molecule has 0 spiro atoms. The fourth-order valence-electron chi connectivity index (χ4n) is 2.49. The summed E-state index contributed by atoms with van der Waals surface area (Å²) in [5.74, 6) is 0.437. The maximum atomic E-state index is 12.4. The molecule has 0 bridgehead atoms. The molecule has 2 aromatic carbocycles. The first-order chi connectivity index (χ1) is 9.27. The Morgan fingerprint density at radius 2 is 1.53 bits per heavy atom. The number of ketones is 1. The molecule has 19 heavy (non-hydrogen) atoms. The average molecular weight is 270 g/mol. The van der Waals surface area contributed by atoms with E-state index in [1.807, 2.05) is 60.7 Å². The Morgan fingerprint density at radius 1 is 0.947 bits per heavy atom. The van der Waals surface area contributed by atoms with Crippen molar-refractivity contribution in [2.45, 2.75) is 5.25 Å². The van der Waals surface area contributed by atoms with Crippen LogP contribution in [0.4, 0.5) is 0 Å². The van der Waals surface area contributed by atoms with Crippen molar-refractivity contribution >= 4 is 16.6 Å². The molecule has 3 unspecified atom stereocenters. The van der Waals surface area contributed by atoms with E-state index in [0.717, 1.165) is 5.56 Å². The van der Waals surface area contributed by atoms with Gasteiger partial charge in [0.2, 0.25) is 0 Å². The van der Waals surface area contributed by atoms with Gasteiger partial charge < -0.3 is 0 Å². The lowest BCUT2D eigenvalue weighted by atomic mass is 9.91. The number of hydrogen-bond acceptors (Lipinski definition) is 2. The highest BCUT2D eigenvalue weighted by Gasteiger charge is 2.44. The summed E-state index contributed by atoms with van der Waals surface area (Å²) < 4.78 is 11.9. The standard InChI is InChI=1S/C16H14O2S/c17-15(12-7-3-1-4-8-12)14-11-19(18)16(14)13-9-5-2-6-10-13/h1-10,14,16H,11H2. The zero-order valence-corrected chi connectivity index (χ0v) is 11.2. The molecule has 1 fully saturated rings. The lowest BCUT2D eigenvalue weighted by Crippen LogP contribution is -2.40. The van der Waals surface area contributed by atoms with Crippen LogP contribution in [-0.4, -0.2) is 15.7 Å². The van der Waals surface area contributed by atoms with E-state index in [1.54, 1.807) is 0 Å². The van der Waals surface area contributed by atoms with Crippen molar-refractivity contribution in [1.29, 1.82) is 0 Å². The second-order valence-electron chi connectivity index (χ2n) is 4.72. The zero-order chi connectivity index (χ0) is 13.2. The van der Waals surface area contributed by atoms with Gasteiger partial charge in [-0.25, -0.2) is 0 Å². The Balaban J connectivity index is 1.87. The largest absolute Gasteiger partial charge is 0.294 e. The third kappa shape index (κ3) is 2.26. The van der Waals surface area contributed by atoms with Crippen LogP contribution < -0.4 is 0 Å². The molecule has 1 heterocycles. The quantitative estimate of drug-likeness (QED) is 0.803.